The number of rotatable bonds is 9. The predicted molar refractivity (Wildman–Crippen MR) is 196 cm³/mol. The summed E-state index contributed by atoms with van der Waals surface area (Å²) in [6, 6.07) is 0. The molecule has 54 heavy (non-hydrogen) atoms. The zero-order valence-corrected chi connectivity index (χ0v) is 33.5. The Kier molecular flexibility index (Phi) is 12.0. The molecule has 2 saturated heterocycles. The van der Waals surface area contributed by atoms with Gasteiger partial charge in [0.05, 0.1) is 37.1 Å². The monoisotopic (exact) mass is 770 g/mol. The smallest absolute Gasteiger partial charge is 0.187 e. The highest BCUT2D eigenvalue weighted by molar-refractivity contribution is 5.22. The molecule has 0 radical (unpaired) electrons. The third-order valence-corrected chi connectivity index (χ3v) is 16.2. The molecule has 20 atom stereocenters. The lowest BCUT2D eigenvalue weighted by Crippen LogP contribution is -2.70. The second-order valence-electron chi connectivity index (χ2n) is 19.8. The van der Waals surface area contributed by atoms with Gasteiger partial charge < -0.3 is 64.9 Å². The van der Waals surface area contributed by atoms with Gasteiger partial charge in [-0.2, -0.15) is 0 Å². The average Bonchev–Trinajstić information content (AvgIpc) is 3.47. The second-order valence-corrected chi connectivity index (χ2v) is 19.8. The minimum absolute atomic E-state index is 0.109. The van der Waals surface area contributed by atoms with Gasteiger partial charge in [-0.1, -0.05) is 46.3 Å². The first-order valence-corrected chi connectivity index (χ1v) is 20.4. The molecule has 9 N–H and O–H groups in total. The van der Waals surface area contributed by atoms with E-state index in [4.69, 9.17) is 18.9 Å². The Hall–Kier alpha value is -0.780. The zero-order chi connectivity index (χ0) is 39.9. The summed E-state index contributed by atoms with van der Waals surface area (Å²) in [5.74, 6) is -0.398. The normalized spacial score (nSPS) is 52.8. The van der Waals surface area contributed by atoms with E-state index in [1.165, 1.54) is 0 Å². The number of hydrogen-bond acceptors (Lipinski definition) is 13. The van der Waals surface area contributed by atoms with Crippen LogP contribution in [-0.4, -0.2) is 138 Å². The molecule has 0 amide bonds. The first-order chi connectivity index (χ1) is 25.0. The summed E-state index contributed by atoms with van der Waals surface area (Å²) in [4.78, 5) is 0. The standard InChI is InChI=1S/C41H70O13/c1-20(2)10-9-13-41(8,54-36-33(50)31(48)30(47)25(53-36)19-52-35-32(49)29(46)24(44)18-51-35)21-11-15-39(6)28(21)22(42)16-26-38(5)14-12-27(45)37(3,4)34(38)23(43)17-40(26,39)7/h10,21-36,42-50H,9,11-19H2,1-8H3/t21-,22+,23-,24-,25+,26?,27-,28-,29-,30+,31-,32+,33+,34?,35-,36-,38+,39-,40+,41+/m0/s1. The van der Waals surface area contributed by atoms with Gasteiger partial charge in [0.1, 0.15) is 42.7 Å². The van der Waals surface area contributed by atoms with Crippen molar-refractivity contribution in [3.63, 3.8) is 0 Å². The summed E-state index contributed by atoms with van der Waals surface area (Å²) < 4.78 is 24.0. The van der Waals surface area contributed by atoms with E-state index < -0.39 is 84.6 Å². The third-order valence-electron chi connectivity index (χ3n) is 16.2. The van der Waals surface area contributed by atoms with Crippen molar-refractivity contribution < 1.29 is 64.9 Å². The van der Waals surface area contributed by atoms with E-state index in [2.05, 4.69) is 40.7 Å². The van der Waals surface area contributed by atoms with E-state index in [0.29, 0.717) is 32.1 Å². The Morgan fingerprint density at radius 2 is 1.44 bits per heavy atom. The Balaban J connectivity index is 1.27. The quantitative estimate of drug-likeness (QED) is 0.153. The van der Waals surface area contributed by atoms with Crippen LogP contribution in [0.2, 0.25) is 0 Å². The Morgan fingerprint density at radius 3 is 2.11 bits per heavy atom. The zero-order valence-electron chi connectivity index (χ0n) is 33.5. The van der Waals surface area contributed by atoms with Gasteiger partial charge >= 0.3 is 0 Å². The number of ether oxygens (including phenoxy) is 4. The highest BCUT2D eigenvalue weighted by Gasteiger charge is 2.73. The Labute approximate surface area is 320 Å². The average molecular weight is 771 g/mol. The molecule has 4 aliphatic carbocycles. The molecule has 6 aliphatic rings. The van der Waals surface area contributed by atoms with Crippen molar-refractivity contribution in [2.75, 3.05) is 13.2 Å². The minimum atomic E-state index is -1.66. The van der Waals surface area contributed by atoms with Crippen LogP contribution >= 0.6 is 0 Å². The Bertz CT molecular complexity index is 1360. The van der Waals surface area contributed by atoms with Gasteiger partial charge in [0.15, 0.2) is 12.6 Å². The highest BCUT2D eigenvalue weighted by atomic mass is 16.7. The fraction of sp³-hybridized carbons (Fsp3) is 0.951. The highest BCUT2D eigenvalue weighted by Crippen LogP contribution is 2.76. The molecule has 6 rings (SSSR count). The van der Waals surface area contributed by atoms with Gasteiger partial charge in [0, 0.05) is 0 Å². The molecule has 0 aromatic heterocycles. The third kappa shape index (κ3) is 6.86. The SMILES string of the molecule is CC(C)=CCC[C@@](C)(O[C@@H]1O[C@H](CO[C@@H]2OC[C@H](O)[C@H](O)[C@H]2O)[C@@H](O)[C@H](O)[C@H]1O)[C@H]1CC[C@@]2(C)[C@@H]1[C@H](O)CC1[C@@]3(C)CC[C@H](O)C(C)(C)C3[C@@H](O)C[C@]12C. The molecule has 2 unspecified atom stereocenters. The molecule has 6 fully saturated rings. The van der Waals surface area contributed by atoms with E-state index in [9.17, 15) is 46.0 Å². The van der Waals surface area contributed by atoms with E-state index in [0.717, 1.165) is 24.8 Å². The van der Waals surface area contributed by atoms with Crippen molar-refractivity contribution in [2.45, 2.75) is 186 Å². The van der Waals surface area contributed by atoms with E-state index in [1.54, 1.807) is 0 Å². The van der Waals surface area contributed by atoms with Crippen LogP contribution in [0.5, 0.6) is 0 Å². The van der Waals surface area contributed by atoms with Crippen LogP contribution < -0.4 is 0 Å². The van der Waals surface area contributed by atoms with E-state index in [1.807, 2.05) is 20.8 Å². The van der Waals surface area contributed by atoms with Crippen molar-refractivity contribution in [3.8, 4) is 0 Å². The number of fused-ring (bicyclic) bond motifs is 5. The fourth-order valence-corrected chi connectivity index (χ4v) is 13.1. The van der Waals surface area contributed by atoms with Crippen LogP contribution in [0.4, 0.5) is 0 Å². The number of aliphatic hydroxyl groups excluding tert-OH is 9. The molecule has 13 heteroatoms. The summed E-state index contributed by atoms with van der Waals surface area (Å²) in [7, 11) is 0. The van der Waals surface area contributed by atoms with Crippen LogP contribution in [-0.2, 0) is 18.9 Å². The molecular formula is C41H70O13. The van der Waals surface area contributed by atoms with Crippen molar-refractivity contribution in [2.24, 2.45) is 45.3 Å². The second kappa shape index (κ2) is 15.1. The number of allylic oxidation sites excluding steroid dienone is 2. The fourth-order valence-electron chi connectivity index (χ4n) is 13.1. The lowest BCUT2D eigenvalue weighted by atomic mass is 9.34. The summed E-state index contributed by atoms with van der Waals surface area (Å²) in [5, 5.41) is 99.1. The van der Waals surface area contributed by atoms with Crippen molar-refractivity contribution in [1.29, 1.82) is 0 Å². The van der Waals surface area contributed by atoms with Gasteiger partial charge in [-0.05, 0) is 117 Å². The predicted octanol–water partition coefficient (Wildman–Crippen LogP) is 1.76. The summed E-state index contributed by atoms with van der Waals surface area (Å²) >= 11 is 0. The maximum absolute atomic E-state index is 12.4. The maximum atomic E-state index is 12.4. The molecule has 2 aliphatic heterocycles. The van der Waals surface area contributed by atoms with Crippen LogP contribution in [0.25, 0.3) is 0 Å². The van der Waals surface area contributed by atoms with Gasteiger partial charge in [-0.15, -0.1) is 0 Å². The first kappa shape index (κ1) is 42.8. The van der Waals surface area contributed by atoms with Crippen molar-refractivity contribution in [3.05, 3.63) is 11.6 Å². The van der Waals surface area contributed by atoms with Gasteiger partial charge in [-0.25, -0.2) is 0 Å². The lowest BCUT2D eigenvalue weighted by molar-refractivity contribution is -0.346. The largest absolute Gasteiger partial charge is 0.393 e. The van der Waals surface area contributed by atoms with Crippen LogP contribution in [0, 0.1) is 45.3 Å². The van der Waals surface area contributed by atoms with Gasteiger partial charge in [-0.3, -0.25) is 0 Å². The molecule has 0 aromatic rings. The molecule has 0 aromatic carbocycles. The van der Waals surface area contributed by atoms with Crippen LogP contribution in [0.3, 0.4) is 0 Å². The molecular weight excluding hydrogens is 700 g/mol. The van der Waals surface area contributed by atoms with Crippen molar-refractivity contribution >= 4 is 0 Å². The maximum Gasteiger partial charge on any atom is 0.187 e. The molecule has 0 bridgehead atoms. The summed E-state index contributed by atoms with van der Waals surface area (Å²) in [5.41, 5.74) is -1.30. The van der Waals surface area contributed by atoms with Gasteiger partial charge in [0.2, 0.25) is 0 Å². The van der Waals surface area contributed by atoms with Crippen LogP contribution in [0.15, 0.2) is 11.6 Å². The van der Waals surface area contributed by atoms with E-state index >= 15 is 0 Å². The molecule has 2 heterocycles. The topological polar surface area (TPSA) is 219 Å². The molecule has 4 saturated carbocycles. The molecule has 13 nitrogen and oxygen atoms in total. The minimum Gasteiger partial charge on any atom is -0.393 e. The summed E-state index contributed by atoms with van der Waals surface area (Å²) in [6.45, 7) is 16.4. The first-order valence-electron chi connectivity index (χ1n) is 20.4. The van der Waals surface area contributed by atoms with E-state index in [-0.39, 0.29) is 53.1 Å². The number of hydrogen-bond donors (Lipinski definition) is 9. The molecule has 312 valence electrons. The molecule has 0 spiro atoms. The lowest BCUT2D eigenvalue weighted by Gasteiger charge is -2.71. The van der Waals surface area contributed by atoms with Crippen LogP contribution in [0.1, 0.15) is 107 Å². The number of aliphatic hydroxyl groups is 9. The van der Waals surface area contributed by atoms with Gasteiger partial charge in [0.25, 0.3) is 0 Å². The summed E-state index contributed by atoms with van der Waals surface area (Å²) in [6.07, 6.45) is -7.53. The Morgan fingerprint density at radius 1 is 0.778 bits per heavy atom. The van der Waals surface area contributed by atoms with Crippen molar-refractivity contribution in [1.82, 2.24) is 0 Å².